The highest BCUT2D eigenvalue weighted by atomic mass is 19.1. The number of nitriles is 1. The zero-order valence-corrected chi connectivity index (χ0v) is 11.0. The van der Waals surface area contributed by atoms with Crippen molar-refractivity contribution in [3.63, 3.8) is 0 Å². The van der Waals surface area contributed by atoms with Crippen LogP contribution >= 0.6 is 0 Å². The van der Waals surface area contributed by atoms with Crippen molar-refractivity contribution in [2.24, 2.45) is 0 Å². The standard InChI is InChI=1S/C14H14F2N2O2/c1-9(18-4-5-20-11(7-17)8-18)14(19)12-3-2-10(15)6-13(12)16/h2-3,6,9,11H,4-5,8H2,1H3. The number of morpholine rings is 1. The molecule has 4 nitrogen and oxygen atoms in total. The molecule has 0 saturated carbocycles. The lowest BCUT2D eigenvalue weighted by Gasteiger charge is -2.33. The maximum Gasteiger partial charge on any atom is 0.182 e. The van der Waals surface area contributed by atoms with Crippen LogP contribution in [0, 0.1) is 23.0 Å². The summed E-state index contributed by atoms with van der Waals surface area (Å²) in [5.74, 6) is -2.02. The molecule has 2 atom stereocenters. The van der Waals surface area contributed by atoms with Crippen molar-refractivity contribution in [2.45, 2.75) is 19.1 Å². The molecule has 1 saturated heterocycles. The highest BCUT2D eigenvalue weighted by Gasteiger charge is 2.29. The molecule has 0 aromatic heterocycles. The fourth-order valence-corrected chi connectivity index (χ4v) is 2.18. The van der Waals surface area contributed by atoms with Crippen LogP contribution in [-0.4, -0.2) is 42.5 Å². The van der Waals surface area contributed by atoms with Crippen molar-refractivity contribution >= 4 is 5.78 Å². The minimum Gasteiger partial charge on any atom is -0.361 e. The predicted molar refractivity (Wildman–Crippen MR) is 67.1 cm³/mol. The van der Waals surface area contributed by atoms with E-state index in [9.17, 15) is 13.6 Å². The Bertz CT molecular complexity index is 557. The molecule has 0 bridgehead atoms. The summed E-state index contributed by atoms with van der Waals surface area (Å²) >= 11 is 0. The van der Waals surface area contributed by atoms with Crippen LogP contribution in [0.2, 0.25) is 0 Å². The predicted octanol–water partition coefficient (Wildman–Crippen LogP) is 1.76. The largest absolute Gasteiger partial charge is 0.361 e. The topological polar surface area (TPSA) is 53.3 Å². The van der Waals surface area contributed by atoms with Gasteiger partial charge in [-0.1, -0.05) is 0 Å². The van der Waals surface area contributed by atoms with Gasteiger partial charge >= 0.3 is 0 Å². The summed E-state index contributed by atoms with van der Waals surface area (Å²) in [7, 11) is 0. The number of rotatable bonds is 3. The number of benzene rings is 1. The van der Waals surface area contributed by atoms with Crippen LogP contribution in [0.25, 0.3) is 0 Å². The smallest absolute Gasteiger partial charge is 0.182 e. The van der Waals surface area contributed by atoms with E-state index in [2.05, 4.69) is 0 Å². The second kappa shape index (κ2) is 6.07. The summed E-state index contributed by atoms with van der Waals surface area (Å²) in [5, 5.41) is 8.83. The van der Waals surface area contributed by atoms with Crippen molar-refractivity contribution < 1.29 is 18.3 Å². The SMILES string of the molecule is CC(C(=O)c1ccc(F)cc1F)N1CCOC(C#N)C1. The lowest BCUT2D eigenvalue weighted by atomic mass is 10.0. The van der Waals surface area contributed by atoms with Gasteiger partial charge in [0.15, 0.2) is 11.9 Å². The Labute approximate surface area is 115 Å². The van der Waals surface area contributed by atoms with E-state index in [0.29, 0.717) is 25.8 Å². The number of hydrogen-bond acceptors (Lipinski definition) is 4. The van der Waals surface area contributed by atoms with Crippen LogP contribution in [0.4, 0.5) is 8.78 Å². The average molecular weight is 280 g/mol. The van der Waals surface area contributed by atoms with Crippen molar-refractivity contribution in [2.75, 3.05) is 19.7 Å². The number of halogens is 2. The van der Waals surface area contributed by atoms with E-state index in [-0.39, 0.29) is 5.56 Å². The first-order valence-corrected chi connectivity index (χ1v) is 6.27. The average Bonchev–Trinajstić information content (AvgIpc) is 2.46. The van der Waals surface area contributed by atoms with Gasteiger partial charge < -0.3 is 4.74 Å². The zero-order valence-electron chi connectivity index (χ0n) is 11.0. The molecule has 1 aliphatic heterocycles. The Hall–Kier alpha value is -1.84. The van der Waals surface area contributed by atoms with E-state index in [1.165, 1.54) is 0 Å². The molecule has 0 aliphatic carbocycles. The molecule has 1 aromatic rings. The molecule has 0 amide bonds. The van der Waals surface area contributed by atoms with Crippen molar-refractivity contribution in [1.82, 2.24) is 4.90 Å². The third kappa shape index (κ3) is 3.00. The lowest BCUT2D eigenvalue weighted by molar-refractivity contribution is -0.0109. The first-order chi connectivity index (χ1) is 9.52. The van der Waals surface area contributed by atoms with Crippen LogP contribution in [0.3, 0.4) is 0 Å². The van der Waals surface area contributed by atoms with E-state index >= 15 is 0 Å². The summed E-state index contributed by atoms with van der Waals surface area (Å²) in [4.78, 5) is 14.0. The van der Waals surface area contributed by atoms with E-state index in [0.717, 1.165) is 12.1 Å². The zero-order chi connectivity index (χ0) is 14.7. The Morgan fingerprint density at radius 1 is 1.55 bits per heavy atom. The van der Waals surface area contributed by atoms with Crippen molar-refractivity contribution in [3.8, 4) is 6.07 Å². The van der Waals surface area contributed by atoms with Crippen LogP contribution in [0.5, 0.6) is 0 Å². The van der Waals surface area contributed by atoms with Gasteiger partial charge in [0, 0.05) is 19.2 Å². The first-order valence-electron chi connectivity index (χ1n) is 6.27. The fraction of sp³-hybridized carbons (Fsp3) is 0.429. The number of ketones is 1. The normalized spacial score (nSPS) is 21.2. The van der Waals surface area contributed by atoms with E-state index in [1.54, 1.807) is 11.8 Å². The van der Waals surface area contributed by atoms with Crippen LogP contribution in [-0.2, 0) is 4.74 Å². The van der Waals surface area contributed by atoms with Gasteiger partial charge in [-0.2, -0.15) is 5.26 Å². The molecular formula is C14H14F2N2O2. The Morgan fingerprint density at radius 3 is 2.95 bits per heavy atom. The highest BCUT2D eigenvalue weighted by Crippen LogP contribution is 2.16. The molecule has 0 N–H and O–H groups in total. The van der Waals surface area contributed by atoms with Crippen molar-refractivity contribution in [3.05, 3.63) is 35.4 Å². The van der Waals surface area contributed by atoms with Crippen LogP contribution < -0.4 is 0 Å². The summed E-state index contributed by atoms with van der Waals surface area (Å²) in [5.41, 5.74) is -0.140. The van der Waals surface area contributed by atoms with Gasteiger partial charge in [0.2, 0.25) is 0 Å². The maximum atomic E-state index is 13.6. The third-order valence-electron chi connectivity index (χ3n) is 3.37. The number of hydrogen-bond donors (Lipinski definition) is 0. The lowest BCUT2D eigenvalue weighted by Crippen LogP contribution is -2.49. The molecule has 106 valence electrons. The van der Waals surface area contributed by atoms with Gasteiger partial charge in [-0.3, -0.25) is 9.69 Å². The van der Waals surface area contributed by atoms with Crippen LogP contribution in [0.15, 0.2) is 18.2 Å². The second-order valence-electron chi connectivity index (χ2n) is 4.65. The van der Waals surface area contributed by atoms with E-state index in [1.807, 2.05) is 6.07 Å². The number of nitrogens with zero attached hydrogens (tertiary/aromatic N) is 2. The fourth-order valence-electron chi connectivity index (χ4n) is 2.18. The molecule has 0 radical (unpaired) electrons. The van der Waals surface area contributed by atoms with E-state index in [4.69, 9.17) is 10.00 Å². The Morgan fingerprint density at radius 2 is 2.30 bits per heavy atom. The third-order valence-corrected chi connectivity index (χ3v) is 3.37. The molecule has 20 heavy (non-hydrogen) atoms. The Kier molecular flexibility index (Phi) is 4.42. The molecule has 1 aliphatic rings. The molecule has 2 rings (SSSR count). The number of carbonyl (C=O) groups excluding carboxylic acids is 1. The maximum absolute atomic E-state index is 13.6. The van der Waals surface area contributed by atoms with Gasteiger partial charge in [-0.05, 0) is 19.1 Å². The van der Waals surface area contributed by atoms with Gasteiger partial charge in [0.05, 0.1) is 24.3 Å². The first kappa shape index (κ1) is 14.6. The van der Waals surface area contributed by atoms with Crippen LogP contribution in [0.1, 0.15) is 17.3 Å². The molecule has 0 spiro atoms. The quantitative estimate of drug-likeness (QED) is 0.792. The van der Waals surface area contributed by atoms with E-state index < -0.39 is 29.6 Å². The summed E-state index contributed by atoms with van der Waals surface area (Å²) < 4.78 is 31.7. The number of Topliss-reactive ketones (excluding diaryl/α,β-unsaturated/α-hetero) is 1. The minimum atomic E-state index is -0.869. The van der Waals surface area contributed by atoms with Gasteiger partial charge in [-0.25, -0.2) is 8.78 Å². The molecule has 2 unspecified atom stereocenters. The summed E-state index contributed by atoms with van der Waals surface area (Å²) in [6.07, 6.45) is -0.586. The molecule has 6 heteroatoms. The van der Waals surface area contributed by atoms with Gasteiger partial charge in [0.25, 0.3) is 0 Å². The number of carbonyl (C=O) groups is 1. The molecule has 1 fully saturated rings. The molecule has 1 heterocycles. The molecular weight excluding hydrogens is 266 g/mol. The van der Waals surface area contributed by atoms with Crippen molar-refractivity contribution in [1.29, 1.82) is 5.26 Å². The monoisotopic (exact) mass is 280 g/mol. The second-order valence-corrected chi connectivity index (χ2v) is 4.65. The highest BCUT2D eigenvalue weighted by molar-refractivity contribution is 6.00. The molecule has 1 aromatic carbocycles. The minimum absolute atomic E-state index is 0.140. The Balaban J connectivity index is 2.14. The summed E-state index contributed by atoms with van der Waals surface area (Å²) in [6.45, 7) is 2.78. The van der Waals surface area contributed by atoms with Gasteiger partial charge in [-0.15, -0.1) is 0 Å². The summed E-state index contributed by atoms with van der Waals surface area (Å²) in [6, 6.07) is 4.29. The number of ether oxygens (including phenoxy) is 1. The van der Waals surface area contributed by atoms with Gasteiger partial charge in [0.1, 0.15) is 11.6 Å².